The van der Waals surface area contributed by atoms with Gasteiger partial charge in [-0.2, -0.15) is 5.10 Å². The Morgan fingerprint density at radius 3 is 3.00 bits per heavy atom. The molecule has 1 atom stereocenters. The molecule has 1 aromatic heterocycles. The van der Waals surface area contributed by atoms with Crippen molar-refractivity contribution in [2.45, 2.75) is 25.9 Å². The molecule has 1 heterocycles. The number of anilines is 1. The minimum Gasteiger partial charge on any atom is -0.389 e. The SMILES string of the molecule is Cc1nn(C)cc1NCC(O)COCC1CC1. The normalized spacial score (nSPS) is 17.1. The van der Waals surface area contributed by atoms with Crippen molar-refractivity contribution >= 4 is 5.69 Å². The van der Waals surface area contributed by atoms with E-state index in [0.29, 0.717) is 13.2 Å². The summed E-state index contributed by atoms with van der Waals surface area (Å²) in [6.45, 7) is 3.64. The summed E-state index contributed by atoms with van der Waals surface area (Å²) in [6.07, 6.45) is 4.01. The molecule has 1 aromatic rings. The molecule has 1 saturated carbocycles. The van der Waals surface area contributed by atoms with Crippen LogP contribution in [0.25, 0.3) is 0 Å². The molecule has 0 radical (unpaired) electrons. The highest BCUT2D eigenvalue weighted by atomic mass is 16.5. The third kappa shape index (κ3) is 4.02. The summed E-state index contributed by atoms with van der Waals surface area (Å²) in [5.41, 5.74) is 1.91. The van der Waals surface area contributed by atoms with Crippen molar-refractivity contribution < 1.29 is 9.84 Å². The molecule has 2 rings (SSSR count). The van der Waals surface area contributed by atoms with E-state index in [1.165, 1.54) is 12.8 Å². The topological polar surface area (TPSA) is 59.3 Å². The Morgan fingerprint density at radius 2 is 2.41 bits per heavy atom. The van der Waals surface area contributed by atoms with Crippen LogP contribution in [0.4, 0.5) is 5.69 Å². The van der Waals surface area contributed by atoms with Crippen LogP contribution in [0.3, 0.4) is 0 Å². The summed E-state index contributed by atoms with van der Waals surface area (Å²) < 4.78 is 7.19. The fourth-order valence-electron chi connectivity index (χ4n) is 1.72. The fourth-order valence-corrected chi connectivity index (χ4v) is 1.72. The van der Waals surface area contributed by atoms with Gasteiger partial charge in [-0.3, -0.25) is 4.68 Å². The van der Waals surface area contributed by atoms with Gasteiger partial charge < -0.3 is 15.2 Å². The van der Waals surface area contributed by atoms with Gasteiger partial charge in [0, 0.05) is 26.4 Å². The third-order valence-electron chi connectivity index (χ3n) is 2.90. The predicted octanol–water partition coefficient (Wildman–Crippen LogP) is 0.928. The largest absolute Gasteiger partial charge is 0.389 e. The molecule has 1 aliphatic rings. The molecule has 0 bridgehead atoms. The van der Waals surface area contributed by atoms with Crippen molar-refractivity contribution in [3.05, 3.63) is 11.9 Å². The molecule has 1 unspecified atom stereocenters. The standard InChI is InChI=1S/C12H21N3O2/c1-9-12(6-15(2)14-9)13-5-11(16)8-17-7-10-3-4-10/h6,10-11,13,16H,3-5,7-8H2,1-2H3. The van der Waals surface area contributed by atoms with Gasteiger partial charge in [-0.05, 0) is 25.7 Å². The zero-order valence-corrected chi connectivity index (χ0v) is 10.5. The van der Waals surface area contributed by atoms with Crippen LogP contribution in [0.5, 0.6) is 0 Å². The second kappa shape index (κ2) is 5.51. The minimum absolute atomic E-state index is 0.406. The third-order valence-corrected chi connectivity index (χ3v) is 2.90. The monoisotopic (exact) mass is 239 g/mol. The Balaban J connectivity index is 1.64. The molecule has 0 aromatic carbocycles. The Kier molecular flexibility index (Phi) is 4.02. The van der Waals surface area contributed by atoms with Crippen LogP contribution in [0.15, 0.2) is 6.20 Å². The lowest BCUT2D eigenvalue weighted by Gasteiger charge is -2.12. The van der Waals surface area contributed by atoms with Crippen molar-refractivity contribution in [3.63, 3.8) is 0 Å². The Morgan fingerprint density at radius 1 is 1.65 bits per heavy atom. The molecular formula is C12H21N3O2. The Hall–Kier alpha value is -1.07. The van der Waals surface area contributed by atoms with Crippen molar-refractivity contribution in [1.82, 2.24) is 9.78 Å². The molecule has 0 amide bonds. The second-order valence-electron chi connectivity index (χ2n) is 4.82. The molecule has 1 aliphatic carbocycles. The van der Waals surface area contributed by atoms with E-state index >= 15 is 0 Å². The molecule has 0 aliphatic heterocycles. The highest BCUT2D eigenvalue weighted by molar-refractivity contribution is 5.45. The highest BCUT2D eigenvalue weighted by Gasteiger charge is 2.21. The summed E-state index contributed by atoms with van der Waals surface area (Å²) in [7, 11) is 1.88. The maximum absolute atomic E-state index is 9.73. The maximum Gasteiger partial charge on any atom is 0.0945 e. The summed E-state index contributed by atoms with van der Waals surface area (Å²) in [4.78, 5) is 0. The summed E-state index contributed by atoms with van der Waals surface area (Å²) >= 11 is 0. The minimum atomic E-state index is -0.464. The van der Waals surface area contributed by atoms with Crippen LogP contribution < -0.4 is 5.32 Å². The van der Waals surface area contributed by atoms with Crippen LogP contribution in [0, 0.1) is 12.8 Å². The Bertz CT molecular complexity index is 361. The van der Waals surface area contributed by atoms with E-state index in [4.69, 9.17) is 4.74 Å². The van der Waals surface area contributed by atoms with Crippen LogP contribution >= 0.6 is 0 Å². The van der Waals surface area contributed by atoms with E-state index in [1.54, 1.807) is 4.68 Å². The van der Waals surface area contributed by atoms with E-state index in [-0.39, 0.29) is 0 Å². The van der Waals surface area contributed by atoms with E-state index in [1.807, 2.05) is 20.2 Å². The molecule has 96 valence electrons. The number of ether oxygens (including phenoxy) is 1. The predicted molar refractivity (Wildman–Crippen MR) is 66.0 cm³/mol. The quantitative estimate of drug-likeness (QED) is 0.743. The van der Waals surface area contributed by atoms with Gasteiger partial charge in [0.2, 0.25) is 0 Å². The number of aryl methyl sites for hydroxylation is 2. The first-order valence-corrected chi connectivity index (χ1v) is 6.15. The van der Waals surface area contributed by atoms with Gasteiger partial charge in [-0.1, -0.05) is 0 Å². The number of nitrogens with zero attached hydrogens (tertiary/aromatic N) is 2. The van der Waals surface area contributed by atoms with Gasteiger partial charge in [0.1, 0.15) is 0 Å². The lowest BCUT2D eigenvalue weighted by Crippen LogP contribution is -2.25. The fraction of sp³-hybridized carbons (Fsp3) is 0.750. The zero-order valence-electron chi connectivity index (χ0n) is 10.5. The van der Waals surface area contributed by atoms with E-state index < -0.39 is 6.10 Å². The van der Waals surface area contributed by atoms with E-state index in [9.17, 15) is 5.11 Å². The molecule has 5 nitrogen and oxygen atoms in total. The first-order valence-electron chi connectivity index (χ1n) is 6.15. The smallest absolute Gasteiger partial charge is 0.0945 e. The van der Waals surface area contributed by atoms with Crippen LogP contribution in [0.1, 0.15) is 18.5 Å². The number of aliphatic hydroxyl groups is 1. The van der Waals surface area contributed by atoms with Crippen molar-refractivity contribution in [2.24, 2.45) is 13.0 Å². The van der Waals surface area contributed by atoms with E-state index in [2.05, 4.69) is 10.4 Å². The van der Waals surface area contributed by atoms with Crippen LogP contribution in [-0.4, -0.2) is 40.7 Å². The van der Waals surface area contributed by atoms with Gasteiger partial charge in [0.05, 0.1) is 24.1 Å². The van der Waals surface area contributed by atoms with Crippen molar-refractivity contribution in [2.75, 3.05) is 25.1 Å². The summed E-state index contributed by atoms with van der Waals surface area (Å²) in [5.74, 6) is 0.746. The number of rotatable bonds is 7. The van der Waals surface area contributed by atoms with Crippen LogP contribution in [-0.2, 0) is 11.8 Å². The summed E-state index contributed by atoms with van der Waals surface area (Å²) in [6, 6.07) is 0. The number of hydrogen-bond acceptors (Lipinski definition) is 4. The molecule has 1 fully saturated rings. The van der Waals surface area contributed by atoms with Gasteiger partial charge in [0.15, 0.2) is 0 Å². The maximum atomic E-state index is 9.73. The first kappa shape index (κ1) is 12.4. The lowest BCUT2D eigenvalue weighted by molar-refractivity contribution is 0.0386. The Labute approximate surface area is 102 Å². The van der Waals surface area contributed by atoms with Gasteiger partial charge in [-0.15, -0.1) is 0 Å². The van der Waals surface area contributed by atoms with Crippen molar-refractivity contribution in [1.29, 1.82) is 0 Å². The van der Waals surface area contributed by atoms with Gasteiger partial charge >= 0.3 is 0 Å². The van der Waals surface area contributed by atoms with Gasteiger partial charge in [-0.25, -0.2) is 0 Å². The molecule has 2 N–H and O–H groups in total. The molecule has 17 heavy (non-hydrogen) atoms. The first-order chi connectivity index (χ1) is 8.15. The lowest BCUT2D eigenvalue weighted by atomic mass is 10.3. The zero-order chi connectivity index (χ0) is 12.3. The number of nitrogens with one attached hydrogen (secondary N) is 1. The highest BCUT2D eigenvalue weighted by Crippen LogP contribution is 2.28. The number of hydrogen-bond donors (Lipinski definition) is 2. The second-order valence-corrected chi connectivity index (χ2v) is 4.82. The van der Waals surface area contributed by atoms with Crippen molar-refractivity contribution in [3.8, 4) is 0 Å². The average molecular weight is 239 g/mol. The van der Waals surface area contributed by atoms with Gasteiger partial charge in [0.25, 0.3) is 0 Å². The van der Waals surface area contributed by atoms with E-state index in [0.717, 1.165) is 23.9 Å². The number of aromatic nitrogens is 2. The molecule has 5 heteroatoms. The average Bonchev–Trinajstić information content (AvgIpc) is 3.02. The molecule has 0 saturated heterocycles. The molecule has 0 spiro atoms. The number of aliphatic hydroxyl groups excluding tert-OH is 1. The molecular weight excluding hydrogens is 218 g/mol. The summed E-state index contributed by atoms with van der Waals surface area (Å²) in [5, 5.41) is 17.1. The van der Waals surface area contributed by atoms with Crippen LogP contribution in [0.2, 0.25) is 0 Å².